The predicted molar refractivity (Wildman–Crippen MR) is 78.8 cm³/mol. The number of ether oxygens (including phenoxy) is 1. The molecule has 0 bridgehead atoms. The number of para-hydroxylation sites is 2. The first-order valence-corrected chi connectivity index (χ1v) is 7.33. The Balaban J connectivity index is 1.95. The molecule has 1 aromatic carbocycles. The van der Waals surface area contributed by atoms with Crippen molar-refractivity contribution in [2.24, 2.45) is 11.8 Å². The topological polar surface area (TPSA) is 58.6 Å². The number of benzene rings is 1. The average Bonchev–Trinajstić information content (AvgIpc) is 2.41. The molecular formula is C16H23NO3. The molecule has 1 amide bonds. The van der Waals surface area contributed by atoms with Crippen molar-refractivity contribution in [1.29, 1.82) is 0 Å². The van der Waals surface area contributed by atoms with E-state index in [1.165, 1.54) is 12.5 Å². The van der Waals surface area contributed by atoms with Gasteiger partial charge in [-0.25, -0.2) is 4.79 Å². The Kier molecular flexibility index (Phi) is 4.88. The molecule has 2 N–H and O–H groups in total. The predicted octanol–water partition coefficient (Wildman–Crippen LogP) is 4.16. The molecule has 1 aliphatic rings. The van der Waals surface area contributed by atoms with Crippen LogP contribution in [0.3, 0.4) is 0 Å². The van der Waals surface area contributed by atoms with Gasteiger partial charge in [0.25, 0.3) is 0 Å². The van der Waals surface area contributed by atoms with Gasteiger partial charge < -0.3 is 9.84 Å². The molecule has 2 atom stereocenters. The van der Waals surface area contributed by atoms with E-state index in [9.17, 15) is 9.90 Å². The Bertz CT molecular complexity index is 459. The van der Waals surface area contributed by atoms with Gasteiger partial charge in [-0.15, -0.1) is 0 Å². The van der Waals surface area contributed by atoms with Crippen LogP contribution in [0.4, 0.5) is 10.5 Å². The summed E-state index contributed by atoms with van der Waals surface area (Å²) in [6.07, 6.45) is 3.86. The lowest BCUT2D eigenvalue weighted by Crippen LogP contribution is -2.34. The SMILES string of the molecule is CC(C)C1CCCCC1OC(=O)Nc1ccccc1O. The summed E-state index contributed by atoms with van der Waals surface area (Å²) in [5.74, 6) is 0.991. The van der Waals surface area contributed by atoms with Crippen LogP contribution < -0.4 is 5.32 Å². The van der Waals surface area contributed by atoms with Gasteiger partial charge in [-0.1, -0.05) is 32.4 Å². The second-order valence-corrected chi connectivity index (χ2v) is 5.78. The van der Waals surface area contributed by atoms with Crippen LogP contribution >= 0.6 is 0 Å². The highest BCUT2D eigenvalue weighted by Gasteiger charge is 2.30. The van der Waals surface area contributed by atoms with Crippen LogP contribution in [0.5, 0.6) is 5.75 Å². The number of phenolic OH excluding ortho intramolecular Hbond substituents is 1. The largest absolute Gasteiger partial charge is 0.506 e. The summed E-state index contributed by atoms with van der Waals surface area (Å²) >= 11 is 0. The summed E-state index contributed by atoms with van der Waals surface area (Å²) < 4.78 is 5.56. The van der Waals surface area contributed by atoms with Crippen molar-refractivity contribution in [3.63, 3.8) is 0 Å². The normalized spacial score (nSPS) is 22.6. The number of carbonyl (C=O) groups is 1. The fourth-order valence-electron chi connectivity index (χ4n) is 2.89. The van der Waals surface area contributed by atoms with Crippen LogP contribution in [0.25, 0.3) is 0 Å². The first-order valence-electron chi connectivity index (χ1n) is 7.33. The van der Waals surface area contributed by atoms with Crippen molar-refractivity contribution in [1.82, 2.24) is 0 Å². The second-order valence-electron chi connectivity index (χ2n) is 5.78. The molecule has 0 saturated heterocycles. The highest BCUT2D eigenvalue weighted by Crippen LogP contribution is 2.32. The van der Waals surface area contributed by atoms with E-state index in [1.807, 2.05) is 0 Å². The number of anilines is 1. The van der Waals surface area contributed by atoms with E-state index in [1.54, 1.807) is 18.2 Å². The maximum atomic E-state index is 12.0. The molecule has 0 spiro atoms. The summed E-state index contributed by atoms with van der Waals surface area (Å²) in [5.41, 5.74) is 0.384. The number of rotatable bonds is 3. The van der Waals surface area contributed by atoms with Crippen LogP contribution in [0.2, 0.25) is 0 Å². The molecule has 1 fully saturated rings. The number of hydrogen-bond acceptors (Lipinski definition) is 3. The Hall–Kier alpha value is -1.71. The first kappa shape index (κ1) is 14.7. The summed E-state index contributed by atoms with van der Waals surface area (Å²) in [4.78, 5) is 12.0. The van der Waals surface area contributed by atoms with Gasteiger partial charge in [0.05, 0.1) is 5.69 Å². The highest BCUT2D eigenvalue weighted by atomic mass is 16.6. The van der Waals surface area contributed by atoms with E-state index in [4.69, 9.17) is 4.74 Å². The average molecular weight is 277 g/mol. The van der Waals surface area contributed by atoms with Crippen molar-refractivity contribution in [3.8, 4) is 5.75 Å². The molecule has 110 valence electrons. The minimum Gasteiger partial charge on any atom is -0.506 e. The van der Waals surface area contributed by atoms with Gasteiger partial charge in [0, 0.05) is 0 Å². The van der Waals surface area contributed by atoms with E-state index >= 15 is 0 Å². The molecule has 0 aromatic heterocycles. The lowest BCUT2D eigenvalue weighted by atomic mass is 9.79. The van der Waals surface area contributed by atoms with Gasteiger partial charge in [-0.3, -0.25) is 5.32 Å². The fourth-order valence-corrected chi connectivity index (χ4v) is 2.89. The van der Waals surface area contributed by atoms with Gasteiger partial charge in [-0.05, 0) is 43.2 Å². The zero-order valence-electron chi connectivity index (χ0n) is 12.1. The minimum absolute atomic E-state index is 0.0189. The monoisotopic (exact) mass is 277 g/mol. The standard InChI is InChI=1S/C16H23NO3/c1-11(2)12-7-3-6-10-15(12)20-16(19)17-13-8-4-5-9-14(13)18/h4-5,8-9,11-12,15,18H,3,6-7,10H2,1-2H3,(H,17,19). The van der Waals surface area contributed by atoms with E-state index in [2.05, 4.69) is 19.2 Å². The van der Waals surface area contributed by atoms with Gasteiger partial charge in [0.2, 0.25) is 0 Å². The lowest BCUT2D eigenvalue weighted by Gasteiger charge is -2.33. The van der Waals surface area contributed by atoms with Crippen molar-refractivity contribution >= 4 is 11.8 Å². The summed E-state index contributed by atoms with van der Waals surface area (Å²) in [7, 11) is 0. The molecule has 4 heteroatoms. The Morgan fingerprint density at radius 1 is 1.30 bits per heavy atom. The number of nitrogens with one attached hydrogen (secondary N) is 1. The maximum Gasteiger partial charge on any atom is 0.412 e. The molecule has 2 rings (SSSR count). The smallest absolute Gasteiger partial charge is 0.412 e. The van der Waals surface area contributed by atoms with Crippen LogP contribution in [0.15, 0.2) is 24.3 Å². The molecule has 2 unspecified atom stereocenters. The number of carbonyl (C=O) groups excluding carboxylic acids is 1. The summed E-state index contributed by atoms with van der Waals surface area (Å²) in [5, 5.41) is 12.2. The van der Waals surface area contributed by atoms with Gasteiger partial charge in [0.1, 0.15) is 11.9 Å². The molecule has 1 aliphatic carbocycles. The van der Waals surface area contributed by atoms with Crippen molar-refractivity contribution in [3.05, 3.63) is 24.3 Å². The molecule has 0 aliphatic heterocycles. The summed E-state index contributed by atoms with van der Waals surface area (Å²) in [6.45, 7) is 4.35. The van der Waals surface area contributed by atoms with Crippen molar-refractivity contribution in [2.75, 3.05) is 5.32 Å². The molecule has 0 radical (unpaired) electrons. The Morgan fingerprint density at radius 3 is 2.70 bits per heavy atom. The van der Waals surface area contributed by atoms with Crippen LogP contribution in [-0.2, 0) is 4.74 Å². The van der Waals surface area contributed by atoms with E-state index in [0.29, 0.717) is 17.5 Å². The second kappa shape index (κ2) is 6.64. The van der Waals surface area contributed by atoms with Crippen molar-refractivity contribution in [2.45, 2.75) is 45.6 Å². The molecule has 1 saturated carbocycles. The van der Waals surface area contributed by atoms with Gasteiger partial charge >= 0.3 is 6.09 Å². The lowest BCUT2D eigenvalue weighted by molar-refractivity contribution is 0.0277. The molecule has 1 aromatic rings. The third-order valence-electron chi connectivity index (χ3n) is 4.01. The van der Waals surface area contributed by atoms with Crippen LogP contribution in [0.1, 0.15) is 39.5 Å². The quantitative estimate of drug-likeness (QED) is 0.816. The maximum absolute atomic E-state index is 12.0. The third kappa shape index (κ3) is 3.65. The number of aromatic hydroxyl groups is 1. The fraction of sp³-hybridized carbons (Fsp3) is 0.562. The van der Waals surface area contributed by atoms with Gasteiger partial charge in [-0.2, -0.15) is 0 Å². The van der Waals surface area contributed by atoms with Gasteiger partial charge in [0.15, 0.2) is 0 Å². The number of hydrogen-bond donors (Lipinski definition) is 2. The molecule has 20 heavy (non-hydrogen) atoms. The van der Waals surface area contributed by atoms with E-state index in [-0.39, 0.29) is 11.9 Å². The zero-order valence-corrected chi connectivity index (χ0v) is 12.1. The summed E-state index contributed by atoms with van der Waals surface area (Å²) in [6, 6.07) is 6.65. The van der Waals surface area contributed by atoms with E-state index in [0.717, 1.165) is 19.3 Å². The third-order valence-corrected chi connectivity index (χ3v) is 4.01. The minimum atomic E-state index is -0.482. The Labute approximate surface area is 120 Å². The van der Waals surface area contributed by atoms with Crippen LogP contribution in [0, 0.1) is 11.8 Å². The van der Waals surface area contributed by atoms with Crippen LogP contribution in [-0.4, -0.2) is 17.3 Å². The molecule has 4 nitrogen and oxygen atoms in total. The highest BCUT2D eigenvalue weighted by molar-refractivity contribution is 5.86. The zero-order chi connectivity index (χ0) is 14.5. The number of phenols is 1. The molecular weight excluding hydrogens is 254 g/mol. The Morgan fingerprint density at radius 2 is 2.00 bits per heavy atom. The van der Waals surface area contributed by atoms with E-state index < -0.39 is 6.09 Å². The first-order chi connectivity index (χ1) is 9.58. The van der Waals surface area contributed by atoms with Crippen molar-refractivity contribution < 1.29 is 14.6 Å². The molecule has 0 heterocycles. The number of amides is 1.